The van der Waals surface area contributed by atoms with Crippen molar-refractivity contribution in [2.45, 2.75) is 0 Å². The lowest BCUT2D eigenvalue weighted by molar-refractivity contribution is 1.15. The van der Waals surface area contributed by atoms with E-state index in [-0.39, 0.29) is 5.95 Å². The highest BCUT2D eigenvalue weighted by Crippen LogP contribution is 2.22. The van der Waals surface area contributed by atoms with Crippen molar-refractivity contribution in [1.82, 2.24) is 9.97 Å². The fourth-order valence-electron chi connectivity index (χ4n) is 2.02. The summed E-state index contributed by atoms with van der Waals surface area (Å²) in [7, 11) is 0. The SMILES string of the molecule is NNc1cc(Nc2ccc3ccccc3c2)nc(N)n1. The molecule has 0 radical (unpaired) electrons. The van der Waals surface area contributed by atoms with Gasteiger partial charge in [-0.1, -0.05) is 30.3 Å². The molecule has 2 aromatic carbocycles. The van der Waals surface area contributed by atoms with Crippen LogP contribution in [0.5, 0.6) is 0 Å². The minimum absolute atomic E-state index is 0.156. The van der Waals surface area contributed by atoms with E-state index in [0.29, 0.717) is 11.6 Å². The summed E-state index contributed by atoms with van der Waals surface area (Å²) >= 11 is 0. The lowest BCUT2D eigenvalue weighted by atomic mass is 10.1. The van der Waals surface area contributed by atoms with E-state index in [1.165, 1.54) is 5.39 Å². The largest absolute Gasteiger partial charge is 0.368 e. The van der Waals surface area contributed by atoms with E-state index >= 15 is 0 Å². The van der Waals surface area contributed by atoms with Crippen molar-refractivity contribution in [3.8, 4) is 0 Å². The second-order valence-electron chi connectivity index (χ2n) is 4.33. The normalized spacial score (nSPS) is 10.4. The van der Waals surface area contributed by atoms with Crippen molar-refractivity contribution >= 4 is 34.0 Å². The van der Waals surface area contributed by atoms with Gasteiger partial charge < -0.3 is 16.5 Å². The number of hydrogen-bond donors (Lipinski definition) is 4. The number of fused-ring (bicyclic) bond motifs is 1. The Morgan fingerprint density at radius 3 is 2.40 bits per heavy atom. The van der Waals surface area contributed by atoms with E-state index in [0.717, 1.165) is 11.1 Å². The van der Waals surface area contributed by atoms with Gasteiger partial charge in [-0.15, -0.1) is 0 Å². The first-order valence-corrected chi connectivity index (χ1v) is 6.11. The topological polar surface area (TPSA) is 102 Å². The number of nitrogens with one attached hydrogen (secondary N) is 2. The molecule has 0 unspecified atom stereocenters. The average Bonchev–Trinajstić information content (AvgIpc) is 2.46. The molecule has 1 aromatic heterocycles. The van der Waals surface area contributed by atoms with E-state index in [9.17, 15) is 0 Å². The van der Waals surface area contributed by atoms with Crippen LogP contribution in [0.4, 0.5) is 23.3 Å². The molecule has 0 atom stereocenters. The second kappa shape index (κ2) is 5.02. The van der Waals surface area contributed by atoms with Crippen molar-refractivity contribution in [3.05, 3.63) is 48.5 Å². The van der Waals surface area contributed by atoms with Gasteiger partial charge in [-0.2, -0.15) is 9.97 Å². The molecule has 0 amide bonds. The van der Waals surface area contributed by atoms with Crippen molar-refractivity contribution in [2.75, 3.05) is 16.5 Å². The zero-order valence-electron chi connectivity index (χ0n) is 10.7. The van der Waals surface area contributed by atoms with Crippen LogP contribution in [0.3, 0.4) is 0 Å². The van der Waals surface area contributed by atoms with Crippen LogP contribution >= 0.6 is 0 Å². The van der Waals surface area contributed by atoms with Gasteiger partial charge in [0.25, 0.3) is 0 Å². The maximum Gasteiger partial charge on any atom is 0.223 e. The molecule has 3 rings (SSSR count). The molecule has 0 saturated carbocycles. The Hall–Kier alpha value is -2.86. The van der Waals surface area contributed by atoms with Gasteiger partial charge in [-0.25, -0.2) is 5.84 Å². The fourth-order valence-corrected chi connectivity index (χ4v) is 2.02. The first kappa shape index (κ1) is 12.2. The molecule has 6 N–H and O–H groups in total. The highest BCUT2D eigenvalue weighted by atomic mass is 15.3. The Morgan fingerprint density at radius 2 is 1.60 bits per heavy atom. The number of nitrogen functional groups attached to an aromatic ring is 2. The number of nitrogens with zero attached hydrogens (tertiary/aromatic N) is 2. The summed E-state index contributed by atoms with van der Waals surface area (Å²) in [5, 5.41) is 5.52. The number of anilines is 4. The molecule has 6 nitrogen and oxygen atoms in total. The van der Waals surface area contributed by atoms with Gasteiger partial charge in [0.2, 0.25) is 5.95 Å². The molecule has 1 heterocycles. The summed E-state index contributed by atoms with van der Waals surface area (Å²) in [6, 6.07) is 15.9. The van der Waals surface area contributed by atoms with Gasteiger partial charge in [-0.05, 0) is 22.9 Å². The van der Waals surface area contributed by atoms with E-state index < -0.39 is 0 Å². The molecule has 0 saturated heterocycles. The predicted molar refractivity (Wildman–Crippen MR) is 81.5 cm³/mol. The molecule has 0 aliphatic carbocycles. The zero-order chi connectivity index (χ0) is 13.9. The van der Waals surface area contributed by atoms with Gasteiger partial charge in [0.05, 0.1) is 0 Å². The van der Waals surface area contributed by atoms with Crippen LogP contribution in [-0.2, 0) is 0 Å². The Balaban J connectivity index is 1.94. The molecule has 0 fully saturated rings. The summed E-state index contributed by atoms with van der Waals surface area (Å²) in [6.45, 7) is 0. The molecule has 0 spiro atoms. The molecule has 0 bridgehead atoms. The number of benzene rings is 2. The van der Waals surface area contributed by atoms with Crippen LogP contribution in [0.15, 0.2) is 48.5 Å². The highest BCUT2D eigenvalue weighted by Gasteiger charge is 2.02. The number of rotatable bonds is 3. The van der Waals surface area contributed by atoms with E-state index in [1.54, 1.807) is 6.07 Å². The quantitative estimate of drug-likeness (QED) is 0.428. The number of aromatic nitrogens is 2. The molecule has 100 valence electrons. The summed E-state index contributed by atoms with van der Waals surface area (Å²) in [5.74, 6) is 6.53. The number of nitrogens with two attached hydrogens (primary N) is 2. The molecule has 20 heavy (non-hydrogen) atoms. The van der Waals surface area contributed by atoms with Crippen molar-refractivity contribution < 1.29 is 0 Å². The van der Waals surface area contributed by atoms with Crippen molar-refractivity contribution in [1.29, 1.82) is 0 Å². The smallest absolute Gasteiger partial charge is 0.223 e. The van der Waals surface area contributed by atoms with Gasteiger partial charge in [0, 0.05) is 11.8 Å². The molecular weight excluding hydrogens is 252 g/mol. The molecule has 0 aliphatic heterocycles. The van der Waals surface area contributed by atoms with Gasteiger partial charge in [0.15, 0.2) is 0 Å². The molecular formula is C14H14N6. The molecule has 3 aromatic rings. The minimum Gasteiger partial charge on any atom is -0.368 e. The van der Waals surface area contributed by atoms with Gasteiger partial charge in [0.1, 0.15) is 11.6 Å². The van der Waals surface area contributed by atoms with Crippen LogP contribution in [0.2, 0.25) is 0 Å². The monoisotopic (exact) mass is 266 g/mol. The van der Waals surface area contributed by atoms with E-state index in [2.05, 4.69) is 32.8 Å². The van der Waals surface area contributed by atoms with Crippen molar-refractivity contribution in [3.63, 3.8) is 0 Å². The Kier molecular flexibility index (Phi) is 3.06. The number of hydrogen-bond acceptors (Lipinski definition) is 6. The third kappa shape index (κ3) is 2.45. The maximum atomic E-state index is 5.62. The first-order chi connectivity index (χ1) is 9.74. The summed E-state index contributed by atoms with van der Waals surface area (Å²) in [5.41, 5.74) is 8.99. The Morgan fingerprint density at radius 1 is 0.850 bits per heavy atom. The highest BCUT2D eigenvalue weighted by molar-refractivity contribution is 5.86. The van der Waals surface area contributed by atoms with Crippen LogP contribution < -0.4 is 22.3 Å². The fraction of sp³-hybridized carbons (Fsp3) is 0. The van der Waals surface area contributed by atoms with Crippen LogP contribution in [0.25, 0.3) is 10.8 Å². The standard InChI is InChI=1S/C14H14N6/c15-14-18-12(8-13(19-14)20-16)17-11-6-5-9-3-1-2-4-10(9)7-11/h1-8H,16H2,(H4,15,17,18,19,20). The first-order valence-electron chi connectivity index (χ1n) is 6.11. The average molecular weight is 266 g/mol. The van der Waals surface area contributed by atoms with E-state index in [1.807, 2.05) is 30.3 Å². The van der Waals surface area contributed by atoms with E-state index in [4.69, 9.17) is 11.6 Å². The van der Waals surface area contributed by atoms with Crippen molar-refractivity contribution in [2.24, 2.45) is 5.84 Å². The minimum atomic E-state index is 0.156. The van der Waals surface area contributed by atoms with Gasteiger partial charge in [-0.3, -0.25) is 0 Å². The predicted octanol–water partition coefficient (Wildman–Crippen LogP) is 2.24. The molecule has 0 aliphatic rings. The van der Waals surface area contributed by atoms with Gasteiger partial charge >= 0.3 is 0 Å². The Labute approximate surface area is 115 Å². The lowest BCUT2D eigenvalue weighted by Crippen LogP contribution is -2.11. The second-order valence-corrected chi connectivity index (χ2v) is 4.33. The third-order valence-electron chi connectivity index (χ3n) is 2.91. The lowest BCUT2D eigenvalue weighted by Gasteiger charge is -2.09. The Bertz CT molecular complexity index is 755. The summed E-state index contributed by atoms with van der Waals surface area (Å²) in [6.07, 6.45) is 0. The summed E-state index contributed by atoms with van der Waals surface area (Å²) in [4.78, 5) is 8.05. The third-order valence-corrected chi connectivity index (χ3v) is 2.91. The number of hydrazine groups is 1. The summed E-state index contributed by atoms with van der Waals surface area (Å²) < 4.78 is 0. The van der Waals surface area contributed by atoms with Crippen LogP contribution in [0, 0.1) is 0 Å². The zero-order valence-corrected chi connectivity index (χ0v) is 10.7. The maximum absolute atomic E-state index is 5.62. The molecule has 6 heteroatoms. The van der Waals surface area contributed by atoms with Crippen LogP contribution in [-0.4, -0.2) is 9.97 Å². The van der Waals surface area contributed by atoms with Crippen LogP contribution in [0.1, 0.15) is 0 Å².